The fraction of sp³-hybridized carbons (Fsp3) is 0.292. The van der Waals surface area contributed by atoms with Crippen LogP contribution in [0.2, 0.25) is 0 Å². The number of aromatic nitrogens is 1. The number of benzene rings is 2. The van der Waals surface area contributed by atoms with Crippen LogP contribution in [-0.2, 0) is 16.4 Å². The molecule has 2 aromatic carbocycles. The average Bonchev–Trinajstić information content (AvgIpc) is 3.30. The summed E-state index contributed by atoms with van der Waals surface area (Å²) in [7, 11) is -3.56. The molecule has 0 aliphatic heterocycles. The summed E-state index contributed by atoms with van der Waals surface area (Å²) >= 11 is 0.939. The predicted octanol–water partition coefficient (Wildman–Crippen LogP) is 1.40. The lowest BCUT2D eigenvalue weighted by Crippen LogP contribution is -2.55. The third kappa shape index (κ3) is 7.85. The van der Waals surface area contributed by atoms with Crippen molar-refractivity contribution in [2.75, 3.05) is 11.0 Å². The van der Waals surface area contributed by atoms with Crippen molar-refractivity contribution in [3.63, 3.8) is 0 Å². The summed E-state index contributed by atoms with van der Waals surface area (Å²) in [5, 5.41) is 28.6. The minimum Gasteiger partial charge on any atom is -0.388 e. The van der Waals surface area contributed by atoms with Crippen LogP contribution in [0.3, 0.4) is 0 Å². The van der Waals surface area contributed by atoms with Gasteiger partial charge in [0.15, 0.2) is 5.13 Å². The van der Waals surface area contributed by atoms with Crippen LogP contribution in [-0.4, -0.2) is 66.0 Å². The Labute approximate surface area is 213 Å². The molecule has 0 fully saturated rings. The maximum atomic E-state index is 12.9. The van der Waals surface area contributed by atoms with E-state index in [0.29, 0.717) is 5.56 Å². The zero-order valence-electron chi connectivity index (χ0n) is 19.7. The van der Waals surface area contributed by atoms with Crippen LogP contribution in [0.25, 0.3) is 0 Å². The van der Waals surface area contributed by atoms with Gasteiger partial charge in [-0.2, -0.15) is 0 Å². The monoisotopic (exact) mass is 532 g/mol. The molecule has 0 aliphatic rings. The quantitative estimate of drug-likeness (QED) is 0.250. The first-order valence-electron chi connectivity index (χ1n) is 11.0. The van der Waals surface area contributed by atoms with Crippen molar-refractivity contribution >= 4 is 38.3 Å². The fourth-order valence-electron chi connectivity index (χ4n) is 3.45. The second kappa shape index (κ2) is 12.1. The molecule has 0 saturated heterocycles. The normalized spacial score (nSPS) is 14.8. The number of rotatable bonds is 11. The van der Waals surface area contributed by atoms with Gasteiger partial charge < -0.3 is 20.8 Å². The van der Waals surface area contributed by atoms with E-state index in [2.05, 4.69) is 20.3 Å². The molecule has 0 bridgehead atoms. The van der Waals surface area contributed by atoms with Crippen LogP contribution in [0, 0.1) is 0 Å². The highest BCUT2D eigenvalue weighted by Crippen LogP contribution is 2.18. The van der Waals surface area contributed by atoms with Gasteiger partial charge in [0.25, 0.3) is 11.8 Å². The first kappa shape index (κ1) is 27.3. The van der Waals surface area contributed by atoms with Gasteiger partial charge in [-0.3, -0.25) is 14.3 Å². The van der Waals surface area contributed by atoms with E-state index in [0.717, 1.165) is 23.2 Å². The van der Waals surface area contributed by atoms with Crippen molar-refractivity contribution in [2.45, 2.75) is 37.6 Å². The lowest BCUT2D eigenvalue weighted by atomic mass is 9.94. The van der Waals surface area contributed by atoms with Crippen LogP contribution < -0.4 is 15.4 Å². The number of anilines is 1. The van der Waals surface area contributed by atoms with Gasteiger partial charge in [0.05, 0.1) is 18.3 Å². The van der Waals surface area contributed by atoms with E-state index >= 15 is 0 Å². The van der Waals surface area contributed by atoms with E-state index in [1.54, 1.807) is 37.3 Å². The number of carbonyl (C=O) groups excluding carboxylic acids is 2. The summed E-state index contributed by atoms with van der Waals surface area (Å²) in [6.45, 7) is 1.56. The van der Waals surface area contributed by atoms with Crippen LogP contribution in [0.5, 0.6) is 0 Å². The van der Waals surface area contributed by atoms with E-state index < -0.39 is 46.1 Å². The molecule has 192 valence electrons. The molecule has 1 aromatic heterocycles. The first-order valence-corrected chi connectivity index (χ1v) is 13.8. The van der Waals surface area contributed by atoms with Crippen molar-refractivity contribution in [1.82, 2.24) is 15.6 Å². The number of aliphatic hydroxyl groups is 2. The number of aliphatic hydroxyl groups excluding tert-OH is 2. The number of carbonyl (C=O) groups is 2. The lowest BCUT2D eigenvalue weighted by Gasteiger charge is -2.31. The Kier molecular flexibility index (Phi) is 9.15. The maximum absolute atomic E-state index is 12.9. The molecule has 36 heavy (non-hydrogen) atoms. The molecule has 4 atom stereocenters. The summed E-state index contributed by atoms with van der Waals surface area (Å²) in [5.41, 5.74) is 1.16. The number of nitrogens with one attached hydrogen (secondary N) is 3. The molecule has 3 aromatic rings. The summed E-state index contributed by atoms with van der Waals surface area (Å²) in [4.78, 5) is 29.3. The topological polar surface area (TPSA) is 158 Å². The Morgan fingerprint density at radius 1 is 0.944 bits per heavy atom. The predicted molar refractivity (Wildman–Crippen MR) is 137 cm³/mol. The standard InChI is InChI=1S/C24H28N4O6S2/c1-15(25-22(31)17-11-7-4-8-12-17)20(29)21(30)18(13-16-9-5-3-6-10-16)26-23(32)19-14-35-24(27-19)28-36(2,33)34/h3-12,14-15,18,20-21,29-30H,13H2,1-2H3,(H,25,31)(H,26,32)(H,27,28)/t15-,18+,20+,21+/m0/s1. The number of sulfonamides is 1. The van der Waals surface area contributed by atoms with Crippen molar-refractivity contribution in [2.24, 2.45) is 0 Å². The molecule has 5 N–H and O–H groups in total. The SMILES string of the molecule is C[C@H](NC(=O)c1ccccc1)[C@@H](O)[C@H](O)[C@@H](Cc1ccccc1)NC(=O)c1csc(NS(C)(=O)=O)n1. The van der Waals surface area contributed by atoms with Crippen LogP contribution in [0.4, 0.5) is 5.13 Å². The van der Waals surface area contributed by atoms with Gasteiger partial charge in [-0.25, -0.2) is 13.4 Å². The first-order chi connectivity index (χ1) is 17.0. The molecule has 0 saturated carbocycles. The highest BCUT2D eigenvalue weighted by molar-refractivity contribution is 7.92. The number of hydrogen-bond donors (Lipinski definition) is 5. The number of hydrogen-bond acceptors (Lipinski definition) is 8. The smallest absolute Gasteiger partial charge is 0.271 e. The van der Waals surface area contributed by atoms with Gasteiger partial charge in [0.1, 0.15) is 17.9 Å². The average molecular weight is 533 g/mol. The van der Waals surface area contributed by atoms with Gasteiger partial charge in [0, 0.05) is 10.9 Å². The molecule has 2 amide bonds. The molecular weight excluding hydrogens is 504 g/mol. The van der Waals surface area contributed by atoms with Crippen molar-refractivity contribution in [1.29, 1.82) is 0 Å². The van der Waals surface area contributed by atoms with Gasteiger partial charge in [-0.15, -0.1) is 11.3 Å². The summed E-state index contributed by atoms with van der Waals surface area (Å²) in [6, 6.07) is 15.8. The second-order valence-electron chi connectivity index (χ2n) is 8.29. The van der Waals surface area contributed by atoms with Crippen molar-refractivity contribution < 1.29 is 28.2 Å². The van der Waals surface area contributed by atoms with Crippen molar-refractivity contribution in [3.05, 3.63) is 82.9 Å². The number of nitrogens with zero attached hydrogens (tertiary/aromatic N) is 1. The largest absolute Gasteiger partial charge is 0.388 e. The molecule has 0 radical (unpaired) electrons. The van der Waals surface area contributed by atoms with E-state index in [4.69, 9.17) is 0 Å². The third-order valence-electron chi connectivity index (χ3n) is 5.29. The summed E-state index contributed by atoms with van der Waals surface area (Å²) in [5.74, 6) is -1.06. The minimum absolute atomic E-state index is 0.0279. The molecule has 0 spiro atoms. The number of thiazole rings is 1. The van der Waals surface area contributed by atoms with Gasteiger partial charge in [-0.1, -0.05) is 48.5 Å². The Bertz CT molecular complexity index is 1270. The fourth-order valence-corrected chi connectivity index (χ4v) is 4.99. The molecule has 10 nitrogen and oxygen atoms in total. The van der Waals surface area contributed by atoms with E-state index in [1.807, 2.05) is 30.3 Å². The van der Waals surface area contributed by atoms with Crippen molar-refractivity contribution in [3.8, 4) is 0 Å². The Balaban J connectivity index is 1.74. The summed E-state index contributed by atoms with van der Waals surface area (Å²) in [6.07, 6.45) is -1.71. The van der Waals surface area contributed by atoms with Gasteiger partial charge >= 0.3 is 0 Å². The lowest BCUT2D eigenvalue weighted by molar-refractivity contribution is -0.0188. The Morgan fingerprint density at radius 3 is 2.17 bits per heavy atom. The summed E-state index contributed by atoms with van der Waals surface area (Å²) < 4.78 is 25.0. The molecule has 1 heterocycles. The molecule has 0 unspecified atom stereocenters. The van der Waals surface area contributed by atoms with E-state index in [-0.39, 0.29) is 17.2 Å². The zero-order chi connectivity index (χ0) is 26.3. The van der Waals surface area contributed by atoms with Crippen LogP contribution in [0.15, 0.2) is 66.0 Å². The Morgan fingerprint density at radius 2 is 1.56 bits per heavy atom. The third-order valence-corrected chi connectivity index (χ3v) is 6.74. The van der Waals surface area contributed by atoms with Crippen LogP contribution >= 0.6 is 11.3 Å². The van der Waals surface area contributed by atoms with E-state index in [9.17, 15) is 28.2 Å². The highest BCUT2D eigenvalue weighted by Gasteiger charge is 2.33. The van der Waals surface area contributed by atoms with E-state index in [1.165, 1.54) is 5.38 Å². The number of amides is 2. The molecule has 12 heteroatoms. The second-order valence-corrected chi connectivity index (χ2v) is 10.9. The zero-order valence-corrected chi connectivity index (χ0v) is 21.3. The maximum Gasteiger partial charge on any atom is 0.271 e. The van der Waals surface area contributed by atoms with Crippen LogP contribution in [0.1, 0.15) is 33.3 Å². The molecular formula is C24H28N4O6S2. The van der Waals surface area contributed by atoms with Gasteiger partial charge in [0.2, 0.25) is 10.0 Å². The minimum atomic E-state index is -3.56. The van der Waals surface area contributed by atoms with Gasteiger partial charge in [-0.05, 0) is 31.0 Å². The highest BCUT2D eigenvalue weighted by atomic mass is 32.2. The molecule has 3 rings (SSSR count). The molecule has 0 aliphatic carbocycles. The Hall–Kier alpha value is -3.32.